The van der Waals surface area contributed by atoms with Gasteiger partial charge in [0.05, 0.1) is 22.1 Å². The molecule has 2 aromatic rings. The van der Waals surface area contributed by atoms with Crippen molar-refractivity contribution in [2.24, 2.45) is 0 Å². The molecule has 0 amide bonds. The predicted octanol–water partition coefficient (Wildman–Crippen LogP) is 5.54. The van der Waals surface area contributed by atoms with Crippen molar-refractivity contribution >= 4 is 42.8 Å². The van der Waals surface area contributed by atoms with E-state index in [-0.39, 0.29) is 11.2 Å². The Morgan fingerprint density at radius 2 is 1.66 bits per heavy atom. The first-order chi connectivity index (χ1) is 13.3. The fourth-order valence-corrected chi connectivity index (χ4v) is 2.61. The highest BCUT2D eigenvalue weighted by molar-refractivity contribution is 7.30. The van der Waals surface area contributed by atoms with Gasteiger partial charge in [-0.2, -0.15) is 0 Å². The van der Waals surface area contributed by atoms with Gasteiger partial charge >= 0.3 is 8.25 Å². The first kappa shape index (κ1) is 24.9. The van der Waals surface area contributed by atoms with Crippen molar-refractivity contribution in [2.75, 3.05) is 12.4 Å². The number of nitro benzene ring substituents is 1. The van der Waals surface area contributed by atoms with Crippen molar-refractivity contribution in [3.63, 3.8) is 0 Å². The molecule has 158 valence electrons. The molecule has 2 aromatic carbocycles. The third-order valence-corrected chi connectivity index (χ3v) is 3.70. The molecule has 0 heterocycles. The van der Waals surface area contributed by atoms with Gasteiger partial charge in [-0.1, -0.05) is 23.2 Å². The smallest absolute Gasteiger partial charge is 0.495 e. The molecule has 0 aromatic heterocycles. The highest BCUT2D eigenvalue weighted by Gasteiger charge is 2.20. The molecule has 0 radical (unpaired) electrons. The highest BCUT2D eigenvalue weighted by atomic mass is 35.5. The predicted molar refractivity (Wildman–Crippen MR) is 112 cm³/mol. The van der Waals surface area contributed by atoms with Crippen molar-refractivity contribution < 1.29 is 28.7 Å². The van der Waals surface area contributed by atoms with Crippen LogP contribution in [0.1, 0.15) is 20.8 Å². The first-order valence-electron chi connectivity index (χ1n) is 7.96. The lowest BCUT2D eigenvalue weighted by molar-refractivity contribution is -0.384. The fourth-order valence-electron chi connectivity index (χ4n) is 2.11. The van der Waals surface area contributed by atoms with E-state index in [4.69, 9.17) is 47.0 Å². The van der Waals surface area contributed by atoms with Crippen LogP contribution < -0.4 is 14.8 Å². The number of nitro groups is 1. The molecule has 0 aliphatic carbocycles. The van der Waals surface area contributed by atoms with E-state index in [9.17, 15) is 10.1 Å². The lowest BCUT2D eigenvalue weighted by atomic mass is 10.1. The molecular weight excluding hydrogens is 446 g/mol. The minimum atomic E-state index is -2.87. The number of methoxy groups -OCH3 is 1. The lowest BCUT2D eigenvalue weighted by Gasteiger charge is -2.22. The van der Waals surface area contributed by atoms with E-state index < -0.39 is 13.2 Å². The second-order valence-corrected chi connectivity index (χ2v) is 7.90. The standard InChI is InChI=1S/C17H18Cl2N2O4.HO3P/c1-17(2,3)20-13-7-10(5-6-14(13)21(22)23)25-16-9-15(24-4)11(18)8-12(16)19;1-4(2)3/h5-9,20H,1-4H3;(H-,1,2,3)/p+1. The van der Waals surface area contributed by atoms with E-state index in [1.54, 1.807) is 12.1 Å². The zero-order chi connectivity index (χ0) is 22.4. The quantitative estimate of drug-likeness (QED) is 0.297. The number of ether oxygens (including phenoxy) is 2. The molecule has 0 aliphatic heterocycles. The van der Waals surface area contributed by atoms with Crippen LogP contribution in [0.2, 0.25) is 10.0 Å². The molecule has 3 N–H and O–H groups in total. The van der Waals surface area contributed by atoms with Gasteiger partial charge in [-0.3, -0.25) is 10.1 Å². The summed E-state index contributed by atoms with van der Waals surface area (Å²) < 4.78 is 19.6. The number of anilines is 1. The van der Waals surface area contributed by atoms with Gasteiger partial charge in [0.2, 0.25) is 0 Å². The van der Waals surface area contributed by atoms with Crippen LogP contribution in [-0.4, -0.2) is 27.4 Å². The van der Waals surface area contributed by atoms with E-state index in [1.807, 2.05) is 20.8 Å². The van der Waals surface area contributed by atoms with Crippen LogP contribution in [0.4, 0.5) is 11.4 Å². The molecule has 9 nitrogen and oxygen atoms in total. The van der Waals surface area contributed by atoms with E-state index in [1.165, 1.54) is 25.3 Å². The second-order valence-electron chi connectivity index (χ2n) is 6.58. The molecule has 0 aliphatic rings. The van der Waals surface area contributed by atoms with Crippen molar-refractivity contribution in [1.29, 1.82) is 0 Å². The largest absolute Gasteiger partial charge is 0.692 e. The van der Waals surface area contributed by atoms with Crippen LogP contribution in [-0.2, 0) is 4.57 Å². The Morgan fingerprint density at radius 3 is 2.14 bits per heavy atom. The zero-order valence-corrected chi connectivity index (χ0v) is 18.4. The summed E-state index contributed by atoms with van der Waals surface area (Å²) in [4.78, 5) is 25.0. The molecule has 0 fully saturated rings. The topological polar surface area (TPSA) is 131 Å². The maximum Gasteiger partial charge on any atom is 0.692 e. The maximum absolute atomic E-state index is 11.2. The van der Waals surface area contributed by atoms with Crippen molar-refractivity contribution in [1.82, 2.24) is 0 Å². The number of nitrogens with zero attached hydrogens (tertiary/aromatic N) is 1. The molecule has 0 saturated carbocycles. The maximum atomic E-state index is 11.2. The van der Waals surface area contributed by atoms with Gasteiger partial charge in [0.15, 0.2) is 0 Å². The Morgan fingerprint density at radius 1 is 1.10 bits per heavy atom. The molecule has 2 rings (SSSR count). The van der Waals surface area contributed by atoms with Crippen LogP contribution in [0.25, 0.3) is 0 Å². The molecular formula is C17H20Cl2N2O7P+. The molecule has 12 heteroatoms. The molecule has 0 spiro atoms. The van der Waals surface area contributed by atoms with Gasteiger partial charge in [0, 0.05) is 28.3 Å². The van der Waals surface area contributed by atoms with Crippen LogP contribution in [0.15, 0.2) is 30.3 Å². The number of hydrogen-bond acceptors (Lipinski definition) is 6. The van der Waals surface area contributed by atoms with Crippen LogP contribution >= 0.6 is 31.5 Å². The Labute approximate surface area is 178 Å². The Hall–Kier alpha value is -2.16. The van der Waals surface area contributed by atoms with Gasteiger partial charge in [-0.25, -0.2) is 0 Å². The number of rotatable bonds is 5. The van der Waals surface area contributed by atoms with E-state index >= 15 is 0 Å². The molecule has 29 heavy (non-hydrogen) atoms. The summed E-state index contributed by atoms with van der Waals surface area (Å²) in [6, 6.07) is 7.51. The third-order valence-electron chi connectivity index (χ3n) is 3.11. The Bertz CT molecular complexity index is 900. The van der Waals surface area contributed by atoms with Gasteiger partial charge in [0.1, 0.15) is 22.9 Å². The summed E-state index contributed by atoms with van der Waals surface area (Å²) in [5.74, 6) is 1.14. The van der Waals surface area contributed by atoms with E-state index in [0.29, 0.717) is 33.0 Å². The van der Waals surface area contributed by atoms with E-state index in [0.717, 1.165) is 0 Å². The Balaban J connectivity index is 0.000000960. The Kier molecular flexibility index (Phi) is 9.07. The zero-order valence-electron chi connectivity index (χ0n) is 16.0. The van der Waals surface area contributed by atoms with Crippen LogP contribution in [0.3, 0.4) is 0 Å². The van der Waals surface area contributed by atoms with Crippen molar-refractivity contribution in [2.45, 2.75) is 26.3 Å². The van der Waals surface area contributed by atoms with Gasteiger partial charge < -0.3 is 14.8 Å². The van der Waals surface area contributed by atoms with E-state index in [2.05, 4.69) is 5.32 Å². The lowest BCUT2D eigenvalue weighted by Crippen LogP contribution is -2.26. The molecule has 0 atom stereocenters. The van der Waals surface area contributed by atoms with Crippen molar-refractivity contribution in [3.8, 4) is 17.2 Å². The SMILES string of the molecule is COc1cc(Oc2ccc([N+](=O)[O-])c(NC(C)(C)C)c2)c(Cl)cc1Cl.O=[P+](O)O. The monoisotopic (exact) mass is 465 g/mol. The molecule has 0 saturated heterocycles. The van der Waals surface area contributed by atoms with Crippen molar-refractivity contribution in [3.05, 3.63) is 50.5 Å². The third kappa shape index (κ3) is 8.39. The van der Waals surface area contributed by atoms with Crippen LogP contribution in [0, 0.1) is 10.1 Å². The first-order valence-corrected chi connectivity index (χ1v) is 9.88. The molecule has 0 bridgehead atoms. The summed E-state index contributed by atoms with van der Waals surface area (Å²) in [5.41, 5.74) is -0.0426. The number of halogens is 2. The minimum absolute atomic E-state index is 0.0398. The minimum Gasteiger partial charge on any atom is -0.495 e. The van der Waals surface area contributed by atoms with Crippen LogP contribution in [0.5, 0.6) is 17.2 Å². The summed E-state index contributed by atoms with van der Waals surface area (Å²) in [6.07, 6.45) is 0. The van der Waals surface area contributed by atoms with Gasteiger partial charge in [-0.05, 0) is 32.9 Å². The summed E-state index contributed by atoms with van der Waals surface area (Å²) in [6.45, 7) is 5.72. The average molecular weight is 466 g/mol. The fraction of sp³-hybridized carbons (Fsp3) is 0.294. The number of hydrogen-bond donors (Lipinski definition) is 3. The average Bonchev–Trinajstić information content (AvgIpc) is 2.55. The van der Waals surface area contributed by atoms with Gasteiger partial charge in [-0.15, -0.1) is 9.79 Å². The number of benzene rings is 2. The summed E-state index contributed by atoms with van der Waals surface area (Å²) in [7, 11) is -1.39. The molecule has 0 unspecified atom stereocenters. The highest BCUT2D eigenvalue weighted by Crippen LogP contribution is 2.39. The number of nitrogens with one attached hydrogen (secondary N) is 1. The summed E-state index contributed by atoms with van der Waals surface area (Å²) >= 11 is 12.2. The normalized spacial score (nSPS) is 10.5. The van der Waals surface area contributed by atoms with Gasteiger partial charge in [0.25, 0.3) is 5.69 Å². The second kappa shape index (κ2) is 10.6. The summed E-state index contributed by atoms with van der Waals surface area (Å²) in [5, 5.41) is 15.0.